The van der Waals surface area contributed by atoms with E-state index in [0.29, 0.717) is 6.04 Å². The Labute approximate surface area is 98.6 Å². The minimum atomic E-state index is 0.589. The number of halogens is 1. The summed E-state index contributed by atoms with van der Waals surface area (Å²) < 4.78 is 0.982. The lowest BCUT2D eigenvalue weighted by molar-refractivity contribution is 0.735. The van der Waals surface area contributed by atoms with E-state index in [0.717, 1.165) is 22.3 Å². The molecule has 0 radical (unpaired) electrons. The van der Waals surface area contributed by atoms with Crippen LogP contribution >= 0.6 is 15.9 Å². The molecule has 78 valence electrons. The molecule has 0 bridgehead atoms. The molecule has 15 heavy (non-hydrogen) atoms. The molecule has 2 rings (SSSR count). The molecule has 2 nitrogen and oxygen atoms in total. The summed E-state index contributed by atoms with van der Waals surface area (Å²) in [4.78, 5) is 2.37. The van der Waals surface area contributed by atoms with E-state index >= 15 is 0 Å². The quantitative estimate of drug-likeness (QED) is 0.778. The van der Waals surface area contributed by atoms with E-state index in [9.17, 15) is 0 Å². The molecule has 1 aliphatic heterocycles. The summed E-state index contributed by atoms with van der Waals surface area (Å²) in [6.45, 7) is 3.34. The van der Waals surface area contributed by atoms with E-state index in [2.05, 4.69) is 39.9 Å². The zero-order valence-corrected chi connectivity index (χ0v) is 10.3. The Kier molecular flexibility index (Phi) is 2.97. The molecule has 3 heteroatoms. The second-order valence-electron chi connectivity index (χ2n) is 3.99. The molecule has 0 aliphatic carbocycles. The van der Waals surface area contributed by atoms with Gasteiger partial charge in [-0.15, -0.1) is 0 Å². The van der Waals surface area contributed by atoms with Crippen LogP contribution in [0, 0.1) is 11.3 Å². The van der Waals surface area contributed by atoms with E-state index in [-0.39, 0.29) is 0 Å². The average Bonchev–Trinajstić information content (AvgIpc) is 2.63. The van der Waals surface area contributed by atoms with E-state index < -0.39 is 0 Å². The summed E-state index contributed by atoms with van der Waals surface area (Å²) in [7, 11) is 0. The topological polar surface area (TPSA) is 27.0 Å². The van der Waals surface area contributed by atoms with Gasteiger partial charge in [-0.25, -0.2) is 0 Å². The van der Waals surface area contributed by atoms with Crippen LogP contribution in [0.1, 0.15) is 25.3 Å². The summed E-state index contributed by atoms with van der Waals surface area (Å²) in [5.74, 6) is 0. The van der Waals surface area contributed by atoms with Crippen LogP contribution in [0.4, 0.5) is 5.69 Å². The van der Waals surface area contributed by atoms with Crippen molar-refractivity contribution in [1.29, 1.82) is 5.26 Å². The molecule has 1 atom stereocenters. The fourth-order valence-corrected chi connectivity index (χ4v) is 2.60. The minimum Gasteiger partial charge on any atom is -0.369 e. The Morgan fingerprint density at radius 3 is 2.87 bits per heavy atom. The van der Waals surface area contributed by atoms with Crippen LogP contribution in [0.25, 0.3) is 0 Å². The smallest absolute Gasteiger partial charge is 0.0992 e. The van der Waals surface area contributed by atoms with Gasteiger partial charge in [-0.05, 0) is 38.0 Å². The van der Waals surface area contributed by atoms with Crippen molar-refractivity contribution in [3.8, 4) is 6.07 Å². The number of nitrogens with zero attached hydrogens (tertiary/aromatic N) is 2. The summed E-state index contributed by atoms with van der Waals surface area (Å²) in [6.07, 6.45) is 2.49. The molecular weight excluding hydrogens is 252 g/mol. The van der Waals surface area contributed by atoms with Gasteiger partial charge >= 0.3 is 0 Å². The zero-order valence-electron chi connectivity index (χ0n) is 8.70. The highest BCUT2D eigenvalue weighted by atomic mass is 79.9. The Morgan fingerprint density at radius 1 is 1.47 bits per heavy atom. The first-order chi connectivity index (χ1) is 7.20. The van der Waals surface area contributed by atoms with Crippen LogP contribution < -0.4 is 4.90 Å². The third-order valence-corrected chi connectivity index (χ3v) is 3.35. The monoisotopic (exact) mass is 264 g/mol. The molecule has 0 spiro atoms. The zero-order chi connectivity index (χ0) is 10.8. The van der Waals surface area contributed by atoms with Gasteiger partial charge in [0, 0.05) is 22.7 Å². The van der Waals surface area contributed by atoms with Crippen LogP contribution in [-0.4, -0.2) is 12.6 Å². The minimum absolute atomic E-state index is 0.589. The molecule has 0 aromatic heterocycles. The number of anilines is 1. The summed E-state index contributed by atoms with van der Waals surface area (Å²) in [6, 6.07) is 8.68. The molecule has 0 unspecified atom stereocenters. The molecule has 0 N–H and O–H groups in total. The highest BCUT2D eigenvalue weighted by Crippen LogP contribution is 2.28. The van der Waals surface area contributed by atoms with Crippen molar-refractivity contribution in [3.63, 3.8) is 0 Å². The second kappa shape index (κ2) is 4.24. The van der Waals surface area contributed by atoms with Gasteiger partial charge in [0.15, 0.2) is 0 Å². The molecule has 0 saturated carbocycles. The van der Waals surface area contributed by atoms with Gasteiger partial charge in [-0.2, -0.15) is 5.26 Å². The van der Waals surface area contributed by atoms with Crippen molar-refractivity contribution in [2.45, 2.75) is 25.8 Å². The molecule has 1 fully saturated rings. The summed E-state index contributed by atoms with van der Waals surface area (Å²) >= 11 is 3.44. The fourth-order valence-electron chi connectivity index (χ4n) is 2.12. The third kappa shape index (κ3) is 2.15. The number of rotatable bonds is 1. The first-order valence-electron chi connectivity index (χ1n) is 5.18. The van der Waals surface area contributed by atoms with Gasteiger partial charge in [0.2, 0.25) is 0 Å². The van der Waals surface area contributed by atoms with Crippen LogP contribution in [-0.2, 0) is 0 Å². The van der Waals surface area contributed by atoms with E-state index in [1.165, 1.54) is 12.8 Å². The first kappa shape index (κ1) is 10.5. The van der Waals surface area contributed by atoms with Crippen LogP contribution in [0.2, 0.25) is 0 Å². The van der Waals surface area contributed by atoms with Gasteiger partial charge in [0.25, 0.3) is 0 Å². The fraction of sp³-hybridized carbons (Fsp3) is 0.417. The van der Waals surface area contributed by atoms with Gasteiger partial charge < -0.3 is 4.90 Å². The summed E-state index contributed by atoms with van der Waals surface area (Å²) in [5, 5.41) is 8.91. The number of nitriles is 1. The molecule has 1 heterocycles. The van der Waals surface area contributed by atoms with Gasteiger partial charge in [0.05, 0.1) is 11.6 Å². The van der Waals surface area contributed by atoms with Crippen LogP contribution in [0.5, 0.6) is 0 Å². The van der Waals surface area contributed by atoms with Crippen LogP contribution in [0.15, 0.2) is 22.7 Å². The van der Waals surface area contributed by atoms with Crippen molar-refractivity contribution >= 4 is 21.6 Å². The SMILES string of the molecule is C[C@@H]1CCCN1c1cc(Br)cc(C#N)c1. The lowest BCUT2D eigenvalue weighted by atomic mass is 10.2. The van der Waals surface area contributed by atoms with E-state index in [1.54, 1.807) is 0 Å². The predicted molar refractivity (Wildman–Crippen MR) is 64.9 cm³/mol. The molecule has 1 aliphatic rings. The number of hydrogen-bond acceptors (Lipinski definition) is 2. The Hall–Kier alpha value is -1.01. The molecule has 1 aromatic carbocycles. The largest absolute Gasteiger partial charge is 0.369 e. The van der Waals surface area contributed by atoms with Crippen molar-refractivity contribution in [2.75, 3.05) is 11.4 Å². The maximum atomic E-state index is 8.91. The normalized spacial score (nSPS) is 20.3. The van der Waals surface area contributed by atoms with Gasteiger partial charge in [-0.3, -0.25) is 0 Å². The molecular formula is C12H13BrN2. The molecule has 1 aromatic rings. The Balaban J connectivity index is 2.36. The summed E-state index contributed by atoms with van der Waals surface area (Å²) in [5.41, 5.74) is 1.88. The second-order valence-corrected chi connectivity index (χ2v) is 4.91. The highest BCUT2D eigenvalue weighted by molar-refractivity contribution is 9.10. The first-order valence-corrected chi connectivity index (χ1v) is 5.97. The standard InChI is InChI=1S/C12H13BrN2/c1-9-3-2-4-15(9)12-6-10(8-14)5-11(13)7-12/h5-7,9H,2-4H2,1H3/t9-/m1/s1. The maximum absolute atomic E-state index is 8.91. The third-order valence-electron chi connectivity index (χ3n) is 2.90. The van der Waals surface area contributed by atoms with E-state index in [4.69, 9.17) is 5.26 Å². The van der Waals surface area contributed by atoms with Crippen molar-refractivity contribution in [3.05, 3.63) is 28.2 Å². The number of benzene rings is 1. The molecule has 0 amide bonds. The maximum Gasteiger partial charge on any atom is 0.0992 e. The van der Waals surface area contributed by atoms with Crippen molar-refractivity contribution in [2.24, 2.45) is 0 Å². The van der Waals surface area contributed by atoms with Crippen molar-refractivity contribution < 1.29 is 0 Å². The number of hydrogen-bond donors (Lipinski definition) is 0. The predicted octanol–water partition coefficient (Wildman–Crippen LogP) is 3.31. The van der Waals surface area contributed by atoms with Crippen LogP contribution in [0.3, 0.4) is 0 Å². The Morgan fingerprint density at radius 2 is 2.27 bits per heavy atom. The lowest BCUT2D eigenvalue weighted by Crippen LogP contribution is -2.26. The van der Waals surface area contributed by atoms with E-state index in [1.807, 2.05) is 12.1 Å². The average molecular weight is 265 g/mol. The molecule has 1 saturated heterocycles. The lowest BCUT2D eigenvalue weighted by Gasteiger charge is -2.24. The van der Waals surface area contributed by atoms with Crippen molar-refractivity contribution in [1.82, 2.24) is 0 Å². The highest BCUT2D eigenvalue weighted by Gasteiger charge is 2.20. The van der Waals surface area contributed by atoms with Gasteiger partial charge in [0.1, 0.15) is 0 Å². The Bertz CT molecular complexity index is 409. The van der Waals surface area contributed by atoms with Gasteiger partial charge in [-0.1, -0.05) is 15.9 Å².